The van der Waals surface area contributed by atoms with Crippen LogP contribution in [-0.4, -0.2) is 40.7 Å². The van der Waals surface area contributed by atoms with Gasteiger partial charge in [-0.1, -0.05) is 45.0 Å². The quantitative estimate of drug-likeness (QED) is 0.584. The van der Waals surface area contributed by atoms with Crippen molar-refractivity contribution >= 4 is 35.1 Å². The lowest BCUT2D eigenvalue weighted by atomic mass is 9.64. The SMILES string of the molecule is CC1CC(C)(C)CC2(C1)NC(=O)N(CC(=O)Nc1cccc(NC(=O)c3ccccc3)c1)C2=O. The summed E-state index contributed by atoms with van der Waals surface area (Å²) in [6.45, 7) is 5.91. The van der Waals surface area contributed by atoms with E-state index in [-0.39, 0.29) is 29.7 Å². The maximum absolute atomic E-state index is 13.2. The molecule has 2 aliphatic rings. The van der Waals surface area contributed by atoms with Crippen LogP contribution >= 0.6 is 0 Å². The molecule has 1 spiro atoms. The summed E-state index contributed by atoms with van der Waals surface area (Å²) in [6.07, 6.45) is 2.11. The number of urea groups is 1. The number of carbonyl (C=O) groups is 4. The van der Waals surface area contributed by atoms with Crippen LogP contribution in [0.5, 0.6) is 0 Å². The summed E-state index contributed by atoms with van der Waals surface area (Å²) in [4.78, 5) is 52.0. The third kappa shape index (κ3) is 4.95. The maximum Gasteiger partial charge on any atom is 0.325 e. The predicted molar refractivity (Wildman–Crippen MR) is 129 cm³/mol. The van der Waals surface area contributed by atoms with E-state index in [0.717, 1.165) is 11.3 Å². The van der Waals surface area contributed by atoms with Crippen LogP contribution in [0.3, 0.4) is 0 Å². The Hall–Kier alpha value is -3.68. The summed E-state index contributed by atoms with van der Waals surface area (Å²) in [6, 6.07) is 15.0. The minimum atomic E-state index is -0.944. The van der Waals surface area contributed by atoms with Gasteiger partial charge < -0.3 is 16.0 Å². The van der Waals surface area contributed by atoms with Crippen molar-refractivity contribution in [3.63, 3.8) is 0 Å². The average molecular weight is 463 g/mol. The molecule has 0 bridgehead atoms. The molecule has 2 aromatic carbocycles. The number of hydrogen-bond acceptors (Lipinski definition) is 4. The van der Waals surface area contributed by atoms with Gasteiger partial charge in [0, 0.05) is 16.9 Å². The predicted octanol–water partition coefficient (Wildman–Crippen LogP) is 4.01. The number of imide groups is 1. The fraction of sp³-hybridized carbons (Fsp3) is 0.385. The van der Waals surface area contributed by atoms with E-state index in [1.165, 1.54) is 0 Å². The molecule has 3 N–H and O–H groups in total. The van der Waals surface area contributed by atoms with Crippen LogP contribution in [0.2, 0.25) is 0 Å². The van der Waals surface area contributed by atoms with Crippen molar-refractivity contribution < 1.29 is 19.2 Å². The van der Waals surface area contributed by atoms with Gasteiger partial charge in [-0.15, -0.1) is 0 Å². The van der Waals surface area contributed by atoms with Crippen molar-refractivity contribution in [2.24, 2.45) is 11.3 Å². The third-order valence-corrected chi connectivity index (χ3v) is 6.37. The standard InChI is InChI=1S/C26H30N4O4/c1-17-13-25(2,3)16-26(14-17)23(33)30(24(34)29-26)15-21(31)27-19-10-7-11-20(12-19)28-22(32)18-8-5-4-6-9-18/h4-12,17H,13-16H2,1-3H3,(H,27,31)(H,28,32)(H,29,34). The molecular weight excluding hydrogens is 432 g/mol. The first kappa shape index (κ1) is 23.5. The molecule has 4 rings (SSSR count). The second-order valence-corrected chi connectivity index (χ2v) is 10.2. The van der Waals surface area contributed by atoms with Gasteiger partial charge in [-0.25, -0.2) is 4.79 Å². The normalized spacial score (nSPS) is 23.5. The Bertz CT molecular complexity index is 1130. The lowest BCUT2D eigenvalue weighted by Crippen LogP contribution is -2.54. The van der Waals surface area contributed by atoms with E-state index in [2.05, 4.69) is 36.7 Å². The van der Waals surface area contributed by atoms with E-state index in [9.17, 15) is 19.2 Å². The summed E-state index contributed by atoms with van der Waals surface area (Å²) in [5.41, 5.74) is 0.456. The molecule has 8 heteroatoms. The highest BCUT2D eigenvalue weighted by atomic mass is 16.2. The fourth-order valence-corrected chi connectivity index (χ4v) is 5.46. The van der Waals surface area contributed by atoms with Crippen molar-refractivity contribution in [1.29, 1.82) is 0 Å². The summed E-state index contributed by atoms with van der Waals surface area (Å²) in [5.74, 6) is -0.805. The Morgan fingerprint density at radius 2 is 1.68 bits per heavy atom. The van der Waals surface area contributed by atoms with E-state index < -0.39 is 17.5 Å². The maximum atomic E-state index is 13.2. The number of amides is 5. The lowest BCUT2D eigenvalue weighted by Gasteiger charge is -2.43. The van der Waals surface area contributed by atoms with Crippen molar-refractivity contribution in [3.8, 4) is 0 Å². The van der Waals surface area contributed by atoms with E-state index in [0.29, 0.717) is 29.8 Å². The summed E-state index contributed by atoms with van der Waals surface area (Å²) >= 11 is 0. The Balaban J connectivity index is 1.40. The molecule has 2 aromatic rings. The van der Waals surface area contributed by atoms with Gasteiger partial charge in [0.1, 0.15) is 12.1 Å². The first-order valence-electron chi connectivity index (χ1n) is 11.5. The van der Waals surface area contributed by atoms with Gasteiger partial charge in [-0.05, 0) is 60.9 Å². The number of carbonyl (C=O) groups excluding carboxylic acids is 4. The number of anilines is 2. The number of benzene rings is 2. The molecule has 1 saturated carbocycles. The molecule has 5 amide bonds. The Morgan fingerprint density at radius 1 is 1.00 bits per heavy atom. The zero-order chi connectivity index (χ0) is 24.5. The summed E-state index contributed by atoms with van der Waals surface area (Å²) in [7, 11) is 0. The van der Waals surface area contributed by atoms with Crippen LogP contribution in [0.15, 0.2) is 54.6 Å². The highest BCUT2D eigenvalue weighted by Gasteiger charge is 2.56. The number of rotatable bonds is 5. The van der Waals surface area contributed by atoms with E-state index in [1.54, 1.807) is 48.5 Å². The molecule has 2 fully saturated rings. The number of nitrogens with zero attached hydrogens (tertiary/aromatic N) is 1. The Morgan fingerprint density at radius 3 is 2.35 bits per heavy atom. The van der Waals surface area contributed by atoms with Crippen LogP contribution in [0.4, 0.5) is 16.2 Å². The minimum absolute atomic E-state index is 0.0799. The first-order chi connectivity index (χ1) is 16.1. The second-order valence-electron chi connectivity index (χ2n) is 10.2. The summed E-state index contributed by atoms with van der Waals surface area (Å²) < 4.78 is 0. The molecule has 34 heavy (non-hydrogen) atoms. The van der Waals surface area contributed by atoms with Gasteiger partial charge in [0.2, 0.25) is 5.91 Å². The van der Waals surface area contributed by atoms with E-state index >= 15 is 0 Å². The molecule has 1 aliphatic heterocycles. The van der Waals surface area contributed by atoms with Gasteiger partial charge in [-0.2, -0.15) is 0 Å². The topological polar surface area (TPSA) is 108 Å². The number of hydrogen-bond donors (Lipinski definition) is 3. The third-order valence-electron chi connectivity index (χ3n) is 6.37. The summed E-state index contributed by atoms with van der Waals surface area (Å²) in [5, 5.41) is 8.39. The van der Waals surface area contributed by atoms with Gasteiger partial charge >= 0.3 is 6.03 Å². The largest absolute Gasteiger partial charge is 0.325 e. The van der Waals surface area contributed by atoms with Crippen molar-refractivity contribution in [2.45, 2.75) is 45.6 Å². The molecule has 2 unspecified atom stereocenters. The second kappa shape index (κ2) is 8.93. The van der Waals surface area contributed by atoms with Gasteiger partial charge in [-0.3, -0.25) is 19.3 Å². The molecule has 8 nitrogen and oxygen atoms in total. The van der Waals surface area contributed by atoms with Crippen LogP contribution in [0, 0.1) is 11.3 Å². The van der Waals surface area contributed by atoms with Crippen LogP contribution < -0.4 is 16.0 Å². The number of nitrogens with one attached hydrogen (secondary N) is 3. The van der Waals surface area contributed by atoms with E-state index in [4.69, 9.17) is 0 Å². The van der Waals surface area contributed by atoms with Crippen LogP contribution in [0.1, 0.15) is 50.4 Å². The monoisotopic (exact) mass is 462 g/mol. The smallest absolute Gasteiger partial charge is 0.324 e. The van der Waals surface area contributed by atoms with Crippen LogP contribution in [0.25, 0.3) is 0 Å². The Labute approximate surface area is 199 Å². The highest BCUT2D eigenvalue weighted by molar-refractivity contribution is 6.10. The zero-order valence-electron chi connectivity index (χ0n) is 19.7. The van der Waals surface area contributed by atoms with Crippen molar-refractivity contribution in [3.05, 3.63) is 60.2 Å². The molecule has 1 aliphatic carbocycles. The molecule has 2 atom stereocenters. The van der Waals surface area contributed by atoms with Crippen molar-refractivity contribution in [1.82, 2.24) is 10.2 Å². The van der Waals surface area contributed by atoms with Crippen LogP contribution in [-0.2, 0) is 9.59 Å². The fourth-order valence-electron chi connectivity index (χ4n) is 5.46. The molecule has 178 valence electrons. The Kier molecular flexibility index (Phi) is 6.17. The molecule has 0 radical (unpaired) electrons. The van der Waals surface area contributed by atoms with E-state index in [1.807, 2.05) is 6.07 Å². The van der Waals surface area contributed by atoms with Gasteiger partial charge in [0.25, 0.3) is 11.8 Å². The van der Waals surface area contributed by atoms with Gasteiger partial charge in [0.15, 0.2) is 0 Å². The van der Waals surface area contributed by atoms with Gasteiger partial charge in [0.05, 0.1) is 0 Å². The zero-order valence-corrected chi connectivity index (χ0v) is 19.7. The first-order valence-corrected chi connectivity index (χ1v) is 11.5. The average Bonchev–Trinajstić information content (AvgIpc) is 2.96. The molecule has 1 heterocycles. The van der Waals surface area contributed by atoms with Crippen molar-refractivity contribution in [2.75, 3.05) is 17.2 Å². The lowest BCUT2D eigenvalue weighted by molar-refractivity contribution is -0.136. The molecular formula is C26H30N4O4. The highest BCUT2D eigenvalue weighted by Crippen LogP contribution is 2.46. The molecule has 1 saturated heterocycles. The molecule has 0 aromatic heterocycles. The minimum Gasteiger partial charge on any atom is -0.324 e.